The lowest BCUT2D eigenvalue weighted by Gasteiger charge is -2.35. The van der Waals surface area contributed by atoms with E-state index in [2.05, 4.69) is 10.2 Å². The van der Waals surface area contributed by atoms with Gasteiger partial charge < -0.3 is 15.0 Å². The van der Waals surface area contributed by atoms with Crippen molar-refractivity contribution >= 4 is 17.5 Å². The number of hydrogen-bond donors (Lipinski definition) is 1. The highest BCUT2D eigenvalue weighted by atomic mass is 35.5. The van der Waals surface area contributed by atoms with Gasteiger partial charge in [0.1, 0.15) is 12.4 Å². The number of hydrogen-bond acceptors (Lipinski definition) is 4. The Morgan fingerprint density at radius 2 is 1.96 bits per heavy atom. The van der Waals surface area contributed by atoms with Gasteiger partial charge in [-0.15, -0.1) is 0 Å². The maximum Gasteiger partial charge on any atom is 0.239 e. The van der Waals surface area contributed by atoms with Crippen molar-refractivity contribution in [3.63, 3.8) is 0 Å². The average Bonchev–Trinajstić information content (AvgIpc) is 3.11. The highest BCUT2D eigenvalue weighted by molar-refractivity contribution is 6.30. The molecule has 1 aromatic carbocycles. The topological polar surface area (TPSA) is 44.8 Å². The van der Waals surface area contributed by atoms with Crippen molar-refractivity contribution in [3.05, 3.63) is 29.3 Å². The Hall–Kier alpha value is -1.30. The summed E-state index contributed by atoms with van der Waals surface area (Å²) in [6.07, 6.45) is 2.09. The normalized spacial score (nSPS) is 22.3. The zero-order chi connectivity index (χ0) is 16.1. The summed E-state index contributed by atoms with van der Waals surface area (Å²) in [5.74, 6) is 1.12. The second kappa shape index (κ2) is 7.99. The standard InChI is InChI=1S/C17H24ClN3O2/c18-14-3-5-15(6-4-14)23-13-12-20-8-10-21(11-9-20)17(22)16-2-1-7-19-16/h3-6,16,19H,1-2,7-13H2. The Kier molecular flexibility index (Phi) is 5.75. The third-order valence-electron chi connectivity index (χ3n) is 4.53. The first kappa shape index (κ1) is 16.6. The summed E-state index contributed by atoms with van der Waals surface area (Å²) in [4.78, 5) is 16.7. The van der Waals surface area contributed by atoms with Gasteiger partial charge in [-0.3, -0.25) is 9.69 Å². The molecule has 3 rings (SSSR count). The third kappa shape index (κ3) is 4.59. The van der Waals surface area contributed by atoms with Crippen LogP contribution in [0.4, 0.5) is 0 Å². The molecular weight excluding hydrogens is 314 g/mol. The van der Waals surface area contributed by atoms with E-state index in [0.717, 1.165) is 62.9 Å². The monoisotopic (exact) mass is 337 g/mol. The minimum Gasteiger partial charge on any atom is -0.492 e. The molecule has 23 heavy (non-hydrogen) atoms. The summed E-state index contributed by atoms with van der Waals surface area (Å²) >= 11 is 5.85. The summed E-state index contributed by atoms with van der Waals surface area (Å²) in [5.41, 5.74) is 0. The van der Waals surface area contributed by atoms with Gasteiger partial charge in [0.2, 0.25) is 5.91 Å². The fourth-order valence-corrected chi connectivity index (χ4v) is 3.26. The van der Waals surface area contributed by atoms with Crippen LogP contribution in [0, 0.1) is 0 Å². The zero-order valence-corrected chi connectivity index (χ0v) is 14.1. The molecule has 2 aliphatic rings. The number of piperazine rings is 1. The van der Waals surface area contributed by atoms with E-state index in [9.17, 15) is 4.79 Å². The highest BCUT2D eigenvalue weighted by Crippen LogP contribution is 2.15. The summed E-state index contributed by atoms with van der Waals surface area (Å²) in [7, 11) is 0. The molecule has 5 nitrogen and oxygen atoms in total. The number of benzene rings is 1. The minimum absolute atomic E-state index is 0.0507. The molecule has 2 fully saturated rings. The number of nitrogens with zero attached hydrogens (tertiary/aromatic N) is 2. The predicted molar refractivity (Wildman–Crippen MR) is 91.0 cm³/mol. The molecule has 2 aliphatic heterocycles. The maximum absolute atomic E-state index is 12.3. The number of halogens is 1. The van der Waals surface area contributed by atoms with Gasteiger partial charge in [0, 0.05) is 37.7 Å². The second-order valence-electron chi connectivity index (χ2n) is 6.12. The molecule has 0 saturated carbocycles. The lowest BCUT2D eigenvalue weighted by Crippen LogP contribution is -2.53. The molecular formula is C17H24ClN3O2. The van der Waals surface area contributed by atoms with E-state index in [1.807, 2.05) is 29.2 Å². The highest BCUT2D eigenvalue weighted by Gasteiger charge is 2.28. The van der Waals surface area contributed by atoms with Crippen molar-refractivity contribution < 1.29 is 9.53 Å². The van der Waals surface area contributed by atoms with E-state index in [-0.39, 0.29) is 11.9 Å². The Morgan fingerprint density at radius 1 is 1.22 bits per heavy atom. The number of amides is 1. The van der Waals surface area contributed by atoms with Gasteiger partial charge in [0.15, 0.2) is 0 Å². The molecule has 0 radical (unpaired) electrons. The fraction of sp³-hybridized carbons (Fsp3) is 0.588. The lowest BCUT2D eigenvalue weighted by molar-refractivity contribution is -0.134. The average molecular weight is 338 g/mol. The van der Waals surface area contributed by atoms with Crippen molar-refractivity contribution in [1.82, 2.24) is 15.1 Å². The Bertz CT molecular complexity index is 509. The summed E-state index contributed by atoms with van der Waals surface area (Å²) < 4.78 is 5.73. The van der Waals surface area contributed by atoms with E-state index in [0.29, 0.717) is 6.61 Å². The van der Waals surface area contributed by atoms with Crippen LogP contribution in [0.1, 0.15) is 12.8 Å². The molecule has 0 aliphatic carbocycles. The smallest absolute Gasteiger partial charge is 0.239 e. The predicted octanol–water partition coefficient (Wildman–Crippen LogP) is 1.61. The Labute approximate surface area is 142 Å². The van der Waals surface area contributed by atoms with Crippen LogP contribution in [0.25, 0.3) is 0 Å². The quantitative estimate of drug-likeness (QED) is 0.886. The largest absolute Gasteiger partial charge is 0.492 e. The van der Waals surface area contributed by atoms with Crippen LogP contribution in [0.5, 0.6) is 5.75 Å². The van der Waals surface area contributed by atoms with Crippen molar-refractivity contribution in [2.45, 2.75) is 18.9 Å². The Morgan fingerprint density at radius 3 is 2.61 bits per heavy atom. The van der Waals surface area contributed by atoms with E-state index in [4.69, 9.17) is 16.3 Å². The lowest BCUT2D eigenvalue weighted by atomic mass is 10.2. The molecule has 0 aromatic heterocycles. The van der Waals surface area contributed by atoms with Crippen molar-refractivity contribution in [3.8, 4) is 5.75 Å². The van der Waals surface area contributed by atoms with Crippen LogP contribution in [-0.4, -0.2) is 67.6 Å². The van der Waals surface area contributed by atoms with Gasteiger partial charge in [0.05, 0.1) is 6.04 Å². The van der Waals surface area contributed by atoms with E-state index in [1.54, 1.807) is 0 Å². The van der Waals surface area contributed by atoms with Crippen LogP contribution < -0.4 is 10.1 Å². The van der Waals surface area contributed by atoms with E-state index >= 15 is 0 Å². The van der Waals surface area contributed by atoms with Gasteiger partial charge in [0.25, 0.3) is 0 Å². The molecule has 2 heterocycles. The Balaban J connectivity index is 1.36. The van der Waals surface area contributed by atoms with Crippen LogP contribution >= 0.6 is 11.6 Å². The van der Waals surface area contributed by atoms with Crippen LogP contribution in [0.15, 0.2) is 24.3 Å². The molecule has 6 heteroatoms. The molecule has 1 amide bonds. The number of rotatable bonds is 5. The van der Waals surface area contributed by atoms with Gasteiger partial charge >= 0.3 is 0 Å². The van der Waals surface area contributed by atoms with Crippen LogP contribution in [0.3, 0.4) is 0 Å². The van der Waals surface area contributed by atoms with Gasteiger partial charge in [-0.25, -0.2) is 0 Å². The molecule has 2 saturated heterocycles. The van der Waals surface area contributed by atoms with E-state index in [1.165, 1.54) is 0 Å². The van der Waals surface area contributed by atoms with Gasteiger partial charge in [-0.1, -0.05) is 11.6 Å². The first-order valence-electron chi connectivity index (χ1n) is 8.35. The van der Waals surface area contributed by atoms with Crippen molar-refractivity contribution in [2.24, 2.45) is 0 Å². The summed E-state index contributed by atoms with van der Waals surface area (Å²) in [5, 5.41) is 4.00. The molecule has 1 atom stereocenters. The molecule has 126 valence electrons. The molecule has 1 N–H and O–H groups in total. The number of carbonyl (C=O) groups excluding carboxylic acids is 1. The third-order valence-corrected chi connectivity index (χ3v) is 4.78. The minimum atomic E-state index is 0.0507. The summed E-state index contributed by atoms with van der Waals surface area (Å²) in [6.45, 7) is 5.98. The van der Waals surface area contributed by atoms with Gasteiger partial charge in [-0.05, 0) is 43.7 Å². The molecule has 0 bridgehead atoms. The number of carbonyl (C=O) groups is 1. The van der Waals surface area contributed by atoms with Crippen LogP contribution in [-0.2, 0) is 4.79 Å². The summed E-state index contributed by atoms with van der Waals surface area (Å²) in [6, 6.07) is 7.48. The van der Waals surface area contributed by atoms with Crippen molar-refractivity contribution in [2.75, 3.05) is 45.9 Å². The first-order chi connectivity index (χ1) is 11.2. The van der Waals surface area contributed by atoms with Crippen LogP contribution in [0.2, 0.25) is 5.02 Å². The van der Waals surface area contributed by atoms with Crippen molar-refractivity contribution in [1.29, 1.82) is 0 Å². The maximum atomic E-state index is 12.3. The number of ether oxygens (including phenoxy) is 1. The van der Waals surface area contributed by atoms with Gasteiger partial charge in [-0.2, -0.15) is 0 Å². The molecule has 1 aromatic rings. The fourth-order valence-electron chi connectivity index (χ4n) is 3.13. The SMILES string of the molecule is O=C(C1CCCN1)N1CCN(CCOc2ccc(Cl)cc2)CC1. The second-order valence-corrected chi connectivity index (χ2v) is 6.55. The van der Waals surface area contributed by atoms with E-state index < -0.39 is 0 Å². The first-order valence-corrected chi connectivity index (χ1v) is 8.73. The molecule has 1 unspecified atom stereocenters. The molecule has 0 spiro atoms. The number of nitrogens with one attached hydrogen (secondary N) is 1. The zero-order valence-electron chi connectivity index (χ0n) is 13.3.